The zero-order valence-corrected chi connectivity index (χ0v) is 10.8. The van der Waals surface area contributed by atoms with Crippen LogP contribution in [-0.2, 0) is 14.3 Å². The van der Waals surface area contributed by atoms with E-state index in [1.807, 2.05) is 0 Å². The Kier molecular flexibility index (Phi) is 5.12. The third-order valence-corrected chi connectivity index (χ3v) is 2.55. The number of hydrogen-bond acceptors (Lipinski definition) is 4. The van der Waals surface area contributed by atoms with E-state index < -0.39 is 24.0 Å². The van der Waals surface area contributed by atoms with Crippen molar-refractivity contribution in [3.8, 4) is 0 Å². The van der Waals surface area contributed by atoms with Gasteiger partial charge >= 0.3 is 5.97 Å². The molecule has 0 aliphatic heterocycles. The normalized spacial score (nSPS) is 13.6. The molecule has 0 aliphatic carbocycles. The highest BCUT2D eigenvalue weighted by Gasteiger charge is 2.29. The maximum Gasteiger partial charge on any atom is 0.331 e. The number of nitrogens with one attached hydrogen (secondary N) is 1. The molecular formula is C12H14ClNO4. The van der Waals surface area contributed by atoms with E-state index in [1.165, 1.54) is 20.1 Å². The monoisotopic (exact) mass is 271 g/mol. The Morgan fingerprint density at radius 3 is 2.61 bits per heavy atom. The molecule has 1 aromatic carbocycles. The zero-order valence-electron chi connectivity index (χ0n) is 10.0. The van der Waals surface area contributed by atoms with E-state index in [2.05, 4.69) is 10.1 Å². The van der Waals surface area contributed by atoms with Crippen LogP contribution in [0.5, 0.6) is 0 Å². The number of aliphatic hydroxyl groups excluding tert-OH is 1. The number of hydrogen-bond donors (Lipinski definition) is 2. The molecule has 0 radical (unpaired) electrons. The van der Waals surface area contributed by atoms with E-state index in [9.17, 15) is 14.7 Å². The molecule has 18 heavy (non-hydrogen) atoms. The van der Waals surface area contributed by atoms with Gasteiger partial charge in [0, 0.05) is 11.9 Å². The Morgan fingerprint density at radius 1 is 1.44 bits per heavy atom. The standard InChI is InChI=1S/C12H14ClNO4/c1-7(15)14-10(12(17)18-2)11(16)8-4-3-5-9(13)6-8/h3-6,10-11,16H,1-2H3,(H,14,15)/t10-,11+/m1/s1. The molecule has 0 saturated carbocycles. The van der Waals surface area contributed by atoms with Crippen molar-refractivity contribution in [2.75, 3.05) is 7.11 Å². The van der Waals surface area contributed by atoms with Crippen LogP contribution >= 0.6 is 11.6 Å². The maximum absolute atomic E-state index is 11.5. The molecule has 0 aromatic heterocycles. The number of ether oxygens (including phenoxy) is 1. The van der Waals surface area contributed by atoms with Crippen LogP contribution in [0.4, 0.5) is 0 Å². The number of amides is 1. The smallest absolute Gasteiger partial charge is 0.331 e. The van der Waals surface area contributed by atoms with Crippen LogP contribution in [0.3, 0.4) is 0 Å². The van der Waals surface area contributed by atoms with Crippen LogP contribution in [0, 0.1) is 0 Å². The fourth-order valence-electron chi connectivity index (χ4n) is 1.50. The molecule has 1 aromatic rings. The summed E-state index contributed by atoms with van der Waals surface area (Å²) in [5, 5.41) is 12.9. The number of carbonyl (C=O) groups excluding carboxylic acids is 2. The molecule has 0 heterocycles. The van der Waals surface area contributed by atoms with Gasteiger partial charge in [-0.3, -0.25) is 4.79 Å². The van der Waals surface area contributed by atoms with Gasteiger partial charge in [0.05, 0.1) is 7.11 Å². The third-order valence-electron chi connectivity index (χ3n) is 2.32. The van der Waals surface area contributed by atoms with E-state index >= 15 is 0 Å². The lowest BCUT2D eigenvalue weighted by molar-refractivity contribution is -0.148. The third kappa shape index (κ3) is 3.72. The molecule has 0 aliphatic rings. The van der Waals surface area contributed by atoms with Crippen molar-refractivity contribution in [3.05, 3.63) is 34.9 Å². The van der Waals surface area contributed by atoms with Gasteiger partial charge in [-0.2, -0.15) is 0 Å². The highest BCUT2D eigenvalue weighted by atomic mass is 35.5. The number of methoxy groups -OCH3 is 1. The van der Waals surface area contributed by atoms with Crippen molar-refractivity contribution in [1.82, 2.24) is 5.32 Å². The predicted octanol–water partition coefficient (Wildman–Crippen LogP) is 1.05. The van der Waals surface area contributed by atoms with Gasteiger partial charge < -0.3 is 15.2 Å². The van der Waals surface area contributed by atoms with Crippen LogP contribution in [0.25, 0.3) is 0 Å². The summed E-state index contributed by atoms with van der Waals surface area (Å²) in [5.41, 5.74) is 0.423. The molecule has 0 fully saturated rings. The van der Waals surface area contributed by atoms with Crippen molar-refractivity contribution in [2.45, 2.75) is 19.1 Å². The van der Waals surface area contributed by atoms with Gasteiger partial charge in [-0.25, -0.2) is 4.79 Å². The van der Waals surface area contributed by atoms with Crippen LogP contribution in [0.15, 0.2) is 24.3 Å². The van der Waals surface area contributed by atoms with Gasteiger partial charge in [-0.05, 0) is 17.7 Å². The van der Waals surface area contributed by atoms with E-state index in [-0.39, 0.29) is 0 Å². The van der Waals surface area contributed by atoms with Crippen LogP contribution in [-0.4, -0.2) is 30.1 Å². The fraction of sp³-hybridized carbons (Fsp3) is 0.333. The summed E-state index contributed by atoms with van der Waals surface area (Å²) < 4.78 is 4.54. The summed E-state index contributed by atoms with van der Waals surface area (Å²) in [5.74, 6) is -1.16. The molecular weight excluding hydrogens is 258 g/mol. The minimum atomic E-state index is -1.22. The molecule has 2 N–H and O–H groups in total. The Bertz CT molecular complexity index is 449. The van der Waals surface area contributed by atoms with Crippen molar-refractivity contribution >= 4 is 23.5 Å². The molecule has 0 spiro atoms. The molecule has 1 amide bonds. The summed E-state index contributed by atoms with van der Waals surface area (Å²) in [6, 6.07) is 5.25. The molecule has 0 bridgehead atoms. The number of rotatable bonds is 4. The van der Waals surface area contributed by atoms with E-state index in [4.69, 9.17) is 11.6 Å². The number of halogens is 1. The van der Waals surface area contributed by atoms with Crippen LogP contribution in [0.1, 0.15) is 18.6 Å². The average molecular weight is 272 g/mol. The summed E-state index contributed by atoms with van der Waals surface area (Å²) in [6.07, 6.45) is -1.22. The minimum absolute atomic E-state index is 0.423. The average Bonchev–Trinajstić information content (AvgIpc) is 2.34. The second-order valence-corrected chi connectivity index (χ2v) is 4.14. The highest BCUT2D eigenvalue weighted by Crippen LogP contribution is 2.21. The first-order chi connectivity index (χ1) is 8.45. The first-order valence-corrected chi connectivity index (χ1v) is 5.62. The quantitative estimate of drug-likeness (QED) is 0.803. The summed E-state index contributed by atoms with van der Waals surface area (Å²) in [7, 11) is 1.18. The first kappa shape index (κ1) is 14.5. The largest absolute Gasteiger partial charge is 0.467 e. The highest BCUT2D eigenvalue weighted by molar-refractivity contribution is 6.30. The Hall–Kier alpha value is -1.59. The number of esters is 1. The SMILES string of the molecule is COC(=O)[C@H](NC(C)=O)[C@@H](O)c1cccc(Cl)c1. The zero-order chi connectivity index (χ0) is 13.7. The predicted molar refractivity (Wildman–Crippen MR) is 66.0 cm³/mol. The molecule has 0 saturated heterocycles. The summed E-state index contributed by atoms with van der Waals surface area (Å²) in [6.45, 7) is 1.25. The van der Waals surface area contributed by atoms with E-state index in [0.29, 0.717) is 10.6 Å². The summed E-state index contributed by atoms with van der Waals surface area (Å²) in [4.78, 5) is 22.5. The molecule has 5 nitrogen and oxygen atoms in total. The van der Waals surface area contributed by atoms with Crippen molar-refractivity contribution < 1.29 is 19.4 Å². The lowest BCUT2D eigenvalue weighted by Crippen LogP contribution is -2.44. The van der Waals surface area contributed by atoms with Crippen molar-refractivity contribution in [2.24, 2.45) is 0 Å². The first-order valence-electron chi connectivity index (χ1n) is 5.24. The molecule has 2 atom stereocenters. The van der Waals surface area contributed by atoms with Crippen molar-refractivity contribution in [3.63, 3.8) is 0 Å². The Balaban J connectivity index is 2.97. The number of carbonyl (C=O) groups is 2. The van der Waals surface area contributed by atoms with Gasteiger partial charge in [0.15, 0.2) is 6.04 Å². The molecule has 0 unspecified atom stereocenters. The topological polar surface area (TPSA) is 75.6 Å². The maximum atomic E-state index is 11.5. The van der Waals surface area contributed by atoms with Crippen LogP contribution in [0.2, 0.25) is 5.02 Å². The molecule has 6 heteroatoms. The summed E-state index contributed by atoms with van der Waals surface area (Å²) >= 11 is 5.80. The van der Waals surface area contributed by atoms with E-state index in [1.54, 1.807) is 18.2 Å². The molecule has 1 rings (SSSR count). The van der Waals surface area contributed by atoms with E-state index in [0.717, 1.165) is 0 Å². The molecule has 98 valence electrons. The van der Waals surface area contributed by atoms with Crippen molar-refractivity contribution in [1.29, 1.82) is 0 Å². The van der Waals surface area contributed by atoms with Gasteiger partial charge in [0.2, 0.25) is 5.91 Å². The fourth-order valence-corrected chi connectivity index (χ4v) is 1.69. The van der Waals surface area contributed by atoms with Gasteiger partial charge in [0.1, 0.15) is 6.10 Å². The second kappa shape index (κ2) is 6.37. The second-order valence-electron chi connectivity index (χ2n) is 3.70. The van der Waals surface area contributed by atoms with Crippen LogP contribution < -0.4 is 5.32 Å². The Labute approximate surface area is 110 Å². The Morgan fingerprint density at radius 2 is 2.11 bits per heavy atom. The lowest BCUT2D eigenvalue weighted by Gasteiger charge is -2.21. The lowest BCUT2D eigenvalue weighted by atomic mass is 10.0. The number of benzene rings is 1. The minimum Gasteiger partial charge on any atom is -0.467 e. The van der Waals surface area contributed by atoms with Gasteiger partial charge in [-0.15, -0.1) is 0 Å². The van der Waals surface area contributed by atoms with Gasteiger partial charge in [-0.1, -0.05) is 23.7 Å². The number of aliphatic hydroxyl groups is 1. The van der Waals surface area contributed by atoms with Gasteiger partial charge in [0.25, 0.3) is 0 Å².